The van der Waals surface area contributed by atoms with Gasteiger partial charge in [0.25, 0.3) is 0 Å². The van der Waals surface area contributed by atoms with Gasteiger partial charge in [-0.05, 0) is 49.9 Å². The van der Waals surface area contributed by atoms with E-state index in [0.29, 0.717) is 12.0 Å². The van der Waals surface area contributed by atoms with Crippen molar-refractivity contribution in [1.29, 1.82) is 0 Å². The first kappa shape index (κ1) is 16.3. The van der Waals surface area contributed by atoms with Gasteiger partial charge in [0.15, 0.2) is 0 Å². The zero-order valence-electron chi connectivity index (χ0n) is 13.7. The second kappa shape index (κ2) is 7.79. The third-order valence-electron chi connectivity index (χ3n) is 4.31. The summed E-state index contributed by atoms with van der Waals surface area (Å²) in [5, 5.41) is 3.37. The molecule has 1 aromatic rings. The van der Waals surface area contributed by atoms with E-state index in [9.17, 15) is 4.39 Å². The molecule has 0 unspecified atom stereocenters. The molecule has 0 aromatic heterocycles. The fourth-order valence-corrected chi connectivity index (χ4v) is 3.24. The molecule has 1 saturated carbocycles. The second-order valence-corrected chi connectivity index (χ2v) is 6.53. The first-order chi connectivity index (χ1) is 10.1. The van der Waals surface area contributed by atoms with Gasteiger partial charge in [-0.25, -0.2) is 4.39 Å². The van der Waals surface area contributed by atoms with E-state index in [4.69, 9.17) is 0 Å². The fraction of sp³-hybridized carbons (Fsp3) is 0.667. The maximum atomic E-state index is 14.5. The van der Waals surface area contributed by atoms with E-state index in [2.05, 4.69) is 37.1 Å². The van der Waals surface area contributed by atoms with Crippen molar-refractivity contribution >= 4 is 5.69 Å². The van der Waals surface area contributed by atoms with Gasteiger partial charge in [-0.3, -0.25) is 0 Å². The van der Waals surface area contributed by atoms with E-state index < -0.39 is 0 Å². The summed E-state index contributed by atoms with van der Waals surface area (Å²) in [6.45, 7) is 9.06. The van der Waals surface area contributed by atoms with Crippen LogP contribution in [0.15, 0.2) is 18.2 Å². The Morgan fingerprint density at radius 1 is 1.29 bits per heavy atom. The van der Waals surface area contributed by atoms with Crippen molar-refractivity contribution in [3.63, 3.8) is 0 Å². The Labute approximate surface area is 128 Å². The topological polar surface area (TPSA) is 15.3 Å². The number of hydrogen-bond acceptors (Lipinski definition) is 2. The number of rotatable bonds is 7. The van der Waals surface area contributed by atoms with Crippen molar-refractivity contribution in [3.05, 3.63) is 29.6 Å². The summed E-state index contributed by atoms with van der Waals surface area (Å²) in [4.78, 5) is 2.24. The maximum absolute atomic E-state index is 14.5. The molecular formula is C18H29FN2. The highest BCUT2D eigenvalue weighted by atomic mass is 19.1. The summed E-state index contributed by atoms with van der Waals surface area (Å²) in [5.41, 5.74) is 1.80. The summed E-state index contributed by atoms with van der Waals surface area (Å²) in [6, 6.07) is 6.24. The van der Waals surface area contributed by atoms with Gasteiger partial charge in [0.1, 0.15) is 5.82 Å². The van der Waals surface area contributed by atoms with Crippen molar-refractivity contribution in [3.8, 4) is 0 Å². The van der Waals surface area contributed by atoms with Gasteiger partial charge in [0, 0.05) is 19.1 Å². The summed E-state index contributed by atoms with van der Waals surface area (Å²) in [6.07, 6.45) is 4.95. The molecule has 21 heavy (non-hydrogen) atoms. The predicted molar refractivity (Wildman–Crippen MR) is 88.2 cm³/mol. The van der Waals surface area contributed by atoms with Gasteiger partial charge in [0.05, 0.1) is 5.69 Å². The van der Waals surface area contributed by atoms with Crippen molar-refractivity contribution in [2.24, 2.45) is 5.92 Å². The Morgan fingerprint density at radius 2 is 2.00 bits per heavy atom. The molecule has 1 fully saturated rings. The van der Waals surface area contributed by atoms with Crippen LogP contribution in [0.4, 0.5) is 10.1 Å². The van der Waals surface area contributed by atoms with Crippen molar-refractivity contribution in [2.75, 3.05) is 18.0 Å². The standard InChI is InChI=1S/C18H29FN2/c1-4-21(16-7-5-6-8-16)18-10-9-15(11-17(18)19)13-20-12-14(2)3/h9-11,14,16,20H,4-8,12-13H2,1-3H3. The number of benzene rings is 1. The van der Waals surface area contributed by atoms with Crippen molar-refractivity contribution < 1.29 is 4.39 Å². The van der Waals surface area contributed by atoms with E-state index in [0.717, 1.165) is 30.9 Å². The molecule has 118 valence electrons. The van der Waals surface area contributed by atoms with E-state index in [1.807, 2.05) is 6.07 Å². The third-order valence-corrected chi connectivity index (χ3v) is 4.31. The summed E-state index contributed by atoms with van der Waals surface area (Å²) in [7, 11) is 0. The highest BCUT2D eigenvalue weighted by Gasteiger charge is 2.23. The van der Waals surface area contributed by atoms with Crippen LogP contribution < -0.4 is 10.2 Å². The fourth-order valence-electron chi connectivity index (χ4n) is 3.24. The second-order valence-electron chi connectivity index (χ2n) is 6.53. The number of anilines is 1. The lowest BCUT2D eigenvalue weighted by atomic mass is 10.1. The van der Waals surface area contributed by atoms with Crippen LogP contribution in [-0.4, -0.2) is 19.1 Å². The number of halogens is 1. The highest BCUT2D eigenvalue weighted by molar-refractivity contribution is 5.50. The molecule has 0 aliphatic heterocycles. The number of hydrogen-bond donors (Lipinski definition) is 1. The van der Waals surface area contributed by atoms with Crippen LogP contribution in [0.2, 0.25) is 0 Å². The monoisotopic (exact) mass is 292 g/mol. The smallest absolute Gasteiger partial charge is 0.146 e. The van der Waals surface area contributed by atoms with Gasteiger partial charge in [-0.2, -0.15) is 0 Å². The molecule has 2 rings (SSSR count). The summed E-state index contributed by atoms with van der Waals surface area (Å²) in [5.74, 6) is 0.541. The van der Waals surface area contributed by atoms with Crippen LogP contribution in [0, 0.1) is 11.7 Å². The maximum Gasteiger partial charge on any atom is 0.146 e. The lowest BCUT2D eigenvalue weighted by molar-refractivity contribution is 0.548. The third kappa shape index (κ3) is 4.44. The zero-order valence-corrected chi connectivity index (χ0v) is 13.7. The average Bonchev–Trinajstić information content (AvgIpc) is 2.95. The molecule has 1 N–H and O–H groups in total. The SMILES string of the molecule is CCN(c1ccc(CNCC(C)C)cc1F)C1CCCC1. The minimum atomic E-state index is -0.0763. The molecule has 0 radical (unpaired) electrons. The molecule has 0 bridgehead atoms. The summed E-state index contributed by atoms with van der Waals surface area (Å²) < 4.78 is 14.5. The van der Waals surface area contributed by atoms with Crippen LogP contribution in [0.5, 0.6) is 0 Å². The lowest BCUT2D eigenvalue weighted by Gasteiger charge is -2.30. The van der Waals surface area contributed by atoms with Crippen LogP contribution >= 0.6 is 0 Å². The normalized spacial score (nSPS) is 15.9. The van der Waals surface area contributed by atoms with Gasteiger partial charge in [0.2, 0.25) is 0 Å². The molecule has 1 aliphatic rings. The highest BCUT2D eigenvalue weighted by Crippen LogP contribution is 2.30. The van der Waals surface area contributed by atoms with Gasteiger partial charge < -0.3 is 10.2 Å². The first-order valence-electron chi connectivity index (χ1n) is 8.37. The minimum Gasteiger partial charge on any atom is -0.366 e. The number of nitrogens with one attached hydrogen (secondary N) is 1. The molecule has 3 heteroatoms. The molecule has 0 saturated heterocycles. The summed E-state index contributed by atoms with van der Waals surface area (Å²) >= 11 is 0. The van der Waals surface area contributed by atoms with Crippen LogP contribution in [-0.2, 0) is 6.54 Å². The molecule has 0 amide bonds. The molecule has 0 atom stereocenters. The molecule has 0 spiro atoms. The molecule has 2 nitrogen and oxygen atoms in total. The van der Waals surface area contributed by atoms with Crippen LogP contribution in [0.1, 0.15) is 52.0 Å². The Bertz CT molecular complexity index is 439. The van der Waals surface area contributed by atoms with Crippen molar-refractivity contribution in [1.82, 2.24) is 5.32 Å². The van der Waals surface area contributed by atoms with Crippen LogP contribution in [0.25, 0.3) is 0 Å². The van der Waals surface area contributed by atoms with Crippen molar-refractivity contribution in [2.45, 2.75) is 59.0 Å². The van der Waals surface area contributed by atoms with E-state index >= 15 is 0 Å². The van der Waals surface area contributed by atoms with E-state index in [-0.39, 0.29) is 5.82 Å². The molecular weight excluding hydrogens is 263 g/mol. The van der Waals surface area contributed by atoms with Gasteiger partial charge in [-0.1, -0.05) is 32.8 Å². The molecule has 1 aliphatic carbocycles. The van der Waals surface area contributed by atoms with E-state index in [1.165, 1.54) is 25.7 Å². The minimum absolute atomic E-state index is 0.0763. The van der Waals surface area contributed by atoms with Crippen LogP contribution in [0.3, 0.4) is 0 Å². The first-order valence-corrected chi connectivity index (χ1v) is 8.37. The average molecular weight is 292 g/mol. The Hall–Kier alpha value is -1.09. The number of nitrogens with zero attached hydrogens (tertiary/aromatic N) is 1. The predicted octanol–water partition coefficient (Wildman–Crippen LogP) is 4.34. The Kier molecular flexibility index (Phi) is 6.04. The largest absolute Gasteiger partial charge is 0.366 e. The zero-order chi connectivity index (χ0) is 15.2. The van der Waals surface area contributed by atoms with Gasteiger partial charge in [-0.15, -0.1) is 0 Å². The quantitative estimate of drug-likeness (QED) is 0.804. The molecule has 0 heterocycles. The van der Waals surface area contributed by atoms with Gasteiger partial charge >= 0.3 is 0 Å². The Morgan fingerprint density at radius 3 is 2.57 bits per heavy atom. The molecule has 1 aromatic carbocycles. The van der Waals surface area contributed by atoms with E-state index in [1.54, 1.807) is 6.07 Å². The Balaban J connectivity index is 2.03. The lowest BCUT2D eigenvalue weighted by Crippen LogP contribution is -2.33.